The molecular weight excluding hydrogens is 252 g/mol. The van der Waals surface area contributed by atoms with Crippen molar-refractivity contribution in [2.24, 2.45) is 0 Å². The van der Waals surface area contributed by atoms with Crippen LogP contribution >= 0.6 is 0 Å². The van der Waals surface area contributed by atoms with Crippen molar-refractivity contribution in [2.45, 2.75) is 38.8 Å². The summed E-state index contributed by atoms with van der Waals surface area (Å²) in [4.78, 5) is 14.5. The average Bonchev–Trinajstić information content (AvgIpc) is 2.45. The third kappa shape index (κ3) is 2.31. The van der Waals surface area contributed by atoms with Crippen molar-refractivity contribution in [1.29, 1.82) is 0 Å². The molecule has 1 aromatic carbocycles. The van der Waals surface area contributed by atoms with Gasteiger partial charge in [0, 0.05) is 18.0 Å². The fourth-order valence-electron chi connectivity index (χ4n) is 2.96. The van der Waals surface area contributed by atoms with Crippen LogP contribution in [0.25, 0.3) is 11.0 Å². The molecule has 2 heterocycles. The highest BCUT2D eigenvalue weighted by molar-refractivity contribution is 5.89. The summed E-state index contributed by atoms with van der Waals surface area (Å²) in [7, 11) is 0. The van der Waals surface area contributed by atoms with Gasteiger partial charge in [-0.25, -0.2) is 4.79 Å². The molecule has 0 amide bonds. The van der Waals surface area contributed by atoms with Crippen molar-refractivity contribution in [3.8, 4) is 0 Å². The van der Waals surface area contributed by atoms with Gasteiger partial charge < -0.3 is 10.2 Å². The average molecular weight is 272 g/mol. The zero-order chi connectivity index (χ0) is 14.1. The van der Waals surface area contributed by atoms with Crippen LogP contribution in [0.15, 0.2) is 33.5 Å². The molecule has 0 radical (unpaired) electrons. The van der Waals surface area contributed by atoms with Crippen LogP contribution in [0.4, 0.5) is 5.69 Å². The summed E-state index contributed by atoms with van der Waals surface area (Å²) in [6.07, 6.45) is 3.63. The van der Waals surface area contributed by atoms with E-state index in [0.717, 1.165) is 11.9 Å². The summed E-state index contributed by atoms with van der Waals surface area (Å²) in [6, 6.07) is 7.93. The predicted octanol–water partition coefficient (Wildman–Crippen LogP) is 2.75. The maximum Gasteiger partial charge on any atom is 0.342 e. The summed E-state index contributed by atoms with van der Waals surface area (Å²) >= 11 is 0. The number of nitrogens with two attached hydrogens (primary N) is 1. The van der Waals surface area contributed by atoms with E-state index in [1.807, 2.05) is 18.2 Å². The van der Waals surface area contributed by atoms with E-state index < -0.39 is 0 Å². The Morgan fingerprint density at radius 2 is 2.15 bits per heavy atom. The van der Waals surface area contributed by atoms with Gasteiger partial charge in [-0.05, 0) is 38.4 Å². The fourth-order valence-corrected chi connectivity index (χ4v) is 2.96. The van der Waals surface area contributed by atoms with Crippen LogP contribution in [0.5, 0.6) is 0 Å². The van der Waals surface area contributed by atoms with Gasteiger partial charge in [0.1, 0.15) is 5.58 Å². The monoisotopic (exact) mass is 272 g/mol. The number of hydrogen-bond donors (Lipinski definition) is 1. The van der Waals surface area contributed by atoms with Crippen LogP contribution in [-0.2, 0) is 6.54 Å². The smallest absolute Gasteiger partial charge is 0.342 e. The predicted molar refractivity (Wildman–Crippen MR) is 80.6 cm³/mol. The maximum absolute atomic E-state index is 12.2. The number of nitrogens with zero attached hydrogens (tertiary/aromatic N) is 1. The largest absolute Gasteiger partial charge is 0.422 e. The zero-order valence-corrected chi connectivity index (χ0v) is 11.8. The number of para-hydroxylation sites is 1. The molecule has 3 rings (SSSR count). The van der Waals surface area contributed by atoms with Gasteiger partial charge >= 0.3 is 5.63 Å². The Bertz CT molecular complexity index is 678. The molecule has 1 fully saturated rings. The van der Waals surface area contributed by atoms with Crippen LogP contribution in [0.1, 0.15) is 31.7 Å². The first-order chi connectivity index (χ1) is 9.66. The van der Waals surface area contributed by atoms with Gasteiger partial charge in [0.05, 0.1) is 11.3 Å². The SMILES string of the molecule is CC1CCCCN1Cc1c(N)c2ccccc2oc1=O. The lowest BCUT2D eigenvalue weighted by Gasteiger charge is -2.33. The Kier molecular flexibility index (Phi) is 3.49. The third-order valence-corrected chi connectivity index (χ3v) is 4.25. The van der Waals surface area contributed by atoms with E-state index in [2.05, 4.69) is 11.8 Å². The van der Waals surface area contributed by atoms with Gasteiger partial charge in [-0.2, -0.15) is 0 Å². The van der Waals surface area contributed by atoms with Gasteiger partial charge in [-0.15, -0.1) is 0 Å². The number of rotatable bonds is 2. The molecule has 1 aliphatic rings. The minimum absolute atomic E-state index is 0.307. The van der Waals surface area contributed by atoms with Crippen LogP contribution < -0.4 is 11.4 Å². The molecule has 4 heteroatoms. The molecule has 1 aliphatic heterocycles. The molecule has 0 aliphatic carbocycles. The molecule has 0 spiro atoms. The van der Waals surface area contributed by atoms with Crippen molar-refractivity contribution in [2.75, 3.05) is 12.3 Å². The minimum Gasteiger partial charge on any atom is -0.422 e. The van der Waals surface area contributed by atoms with Crippen LogP contribution in [0.2, 0.25) is 0 Å². The Morgan fingerprint density at radius 3 is 2.95 bits per heavy atom. The topological polar surface area (TPSA) is 59.5 Å². The lowest BCUT2D eigenvalue weighted by molar-refractivity contribution is 0.151. The first-order valence-electron chi connectivity index (χ1n) is 7.21. The highest BCUT2D eigenvalue weighted by Crippen LogP contribution is 2.25. The molecule has 2 aromatic rings. The third-order valence-electron chi connectivity index (χ3n) is 4.25. The zero-order valence-electron chi connectivity index (χ0n) is 11.8. The molecule has 20 heavy (non-hydrogen) atoms. The molecule has 1 unspecified atom stereocenters. The second-order valence-electron chi connectivity index (χ2n) is 5.59. The maximum atomic E-state index is 12.2. The Hall–Kier alpha value is -1.81. The van der Waals surface area contributed by atoms with Crippen molar-refractivity contribution < 1.29 is 4.42 Å². The molecule has 106 valence electrons. The highest BCUT2D eigenvalue weighted by Gasteiger charge is 2.21. The molecule has 0 bridgehead atoms. The van der Waals surface area contributed by atoms with Crippen LogP contribution in [-0.4, -0.2) is 17.5 Å². The highest BCUT2D eigenvalue weighted by atomic mass is 16.4. The Balaban J connectivity index is 2.00. The van der Waals surface area contributed by atoms with Crippen molar-refractivity contribution >= 4 is 16.7 Å². The second kappa shape index (κ2) is 5.29. The molecule has 4 nitrogen and oxygen atoms in total. The van der Waals surface area contributed by atoms with E-state index in [9.17, 15) is 4.79 Å². The number of hydrogen-bond acceptors (Lipinski definition) is 4. The van der Waals surface area contributed by atoms with E-state index in [1.165, 1.54) is 19.3 Å². The molecule has 2 N–H and O–H groups in total. The van der Waals surface area contributed by atoms with Gasteiger partial charge in [-0.3, -0.25) is 4.90 Å². The van der Waals surface area contributed by atoms with Crippen LogP contribution in [0.3, 0.4) is 0 Å². The van der Waals surface area contributed by atoms with E-state index >= 15 is 0 Å². The first-order valence-corrected chi connectivity index (χ1v) is 7.21. The van der Waals surface area contributed by atoms with E-state index in [1.54, 1.807) is 6.07 Å². The van der Waals surface area contributed by atoms with Gasteiger partial charge in [-0.1, -0.05) is 18.6 Å². The quantitative estimate of drug-likeness (QED) is 0.854. The lowest BCUT2D eigenvalue weighted by atomic mass is 10.0. The number of nitrogen functional groups attached to an aromatic ring is 1. The number of anilines is 1. The minimum atomic E-state index is -0.307. The summed E-state index contributed by atoms with van der Waals surface area (Å²) in [6.45, 7) is 3.81. The molecule has 1 atom stereocenters. The molecular formula is C16H20N2O2. The summed E-state index contributed by atoms with van der Waals surface area (Å²) in [5.41, 5.74) is 7.61. The Labute approximate surface area is 118 Å². The Morgan fingerprint density at radius 1 is 1.35 bits per heavy atom. The van der Waals surface area contributed by atoms with Crippen molar-refractivity contribution in [3.63, 3.8) is 0 Å². The van der Waals surface area contributed by atoms with Crippen molar-refractivity contribution in [3.05, 3.63) is 40.2 Å². The second-order valence-corrected chi connectivity index (χ2v) is 5.59. The van der Waals surface area contributed by atoms with Gasteiger partial charge in [0.15, 0.2) is 0 Å². The van der Waals surface area contributed by atoms with Crippen LogP contribution in [0, 0.1) is 0 Å². The fraction of sp³-hybridized carbons (Fsp3) is 0.438. The number of piperidine rings is 1. The van der Waals surface area contributed by atoms with E-state index in [-0.39, 0.29) is 5.63 Å². The number of likely N-dealkylation sites (tertiary alicyclic amines) is 1. The van der Waals surface area contributed by atoms with E-state index in [0.29, 0.717) is 29.4 Å². The summed E-state index contributed by atoms with van der Waals surface area (Å²) in [5, 5.41) is 0.826. The number of benzene rings is 1. The molecule has 1 saturated heterocycles. The number of fused-ring (bicyclic) bond motifs is 1. The summed E-state index contributed by atoms with van der Waals surface area (Å²) < 4.78 is 5.39. The standard InChI is InChI=1S/C16H20N2O2/c1-11-6-4-5-9-18(11)10-13-15(17)12-7-2-3-8-14(12)20-16(13)19/h2-3,7-8,11H,4-6,9-10,17H2,1H3. The van der Waals surface area contributed by atoms with E-state index in [4.69, 9.17) is 10.2 Å². The summed E-state index contributed by atoms with van der Waals surface area (Å²) in [5.74, 6) is 0. The first kappa shape index (κ1) is 13.2. The van der Waals surface area contributed by atoms with Crippen molar-refractivity contribution in [1.82, 2.24) is 4.90 Å². The molecule has 0 saturated carbocycles. The lowest BCUT2D eigenvalue weighted by Crippen LogP contribution is -2.38. The normalized spacial score (nSPS) is 20.4. The van der Waals surface area contributed by atoms with Gasteiger partial charge in [0.25, 0.3) is 0 Å². The van der Waals surface area contributed by atoms with Gasteiger partial charge in [0.2, 0.25) is 0 Å². The molecule has 1 aromatic heterocycles.